The first-order chi connectivity index (χ1) is 7.76. The van der Waals surface area contributed by atoms with Gasteiger partial charge in [-0.2, -0.15) is 5.26 Å². The molecule has 1 unspecified atom stereocenters. The topological polar surface area (TPSA) is 53.3 Å². The van der Waals surface area contributed by atoms with Gasteiger partial charge in [-0.3, -0.25) is 4.90 Å². The molecule has 2 fully saturated rings. The number of hydrogen-bond donors (Lipinski definition) is 0. The van der Waals surface area contributed by atoms with Crippen LogP contribution in [0, 0.1) is 17.2 Å². The molecule has 4 nitrogen and oxygen atoms in total. The van der Waals surface area contributed by atoms with Gasteiger partial charge in [-0.05, 0) is 37.8 Å². The normalized spacial score (nSPS) is 30.8. The van der Waals surface area contributed by atoms with E-state index in [1.165, 1.54) is 0 Å². The average molecular weight is 220 g/mol. The lowest BCUT2D eigenvalue weighted by Gasteiger charge is -2.20. The number of carbonyl (C=O) groups excluding carboxylic acids is 1. The Kier molecular flexibility index (Phi) is 3.25. The van der Waals surface area contributed by atoms with Crippen molar-refractivity contribution in [3.8, 4) is 6.07 Å². The van der Waals surface area contributed by atoms with Crippen molar-refractivity contribution >= 4 is 5.97 Å². The van der Waals surface area contributed by atoms with Crippen molar-refractivity contribution in [1.29, 1.82) is 5.26 Å². The molecule has 0 spiro atoms. The fourth-order valence-electron chi connectivity index (χ4n) is 2.59. The predicted octanol–water partition coefficient (Wildman–Crippen LogP) is 1.10. The minimum atomic E-state index is -0.450. The monoisotopic (exact) mass is 220 g/mol. The molecular formula is C12H16N2O2. The number of nitrogens with zero attached hydrogens (tertiary/aromatic N) is 2. The first-order valence-corrected chi connectivity index (χ1v) is 5.79. The van der Waals surface area contributed by atoms with Gasteiger partial charge in [0.25, 0.3) is 0 Å². The van der Waals surface area contributed by atoms with Crippen LogP contribution in [0.4, 0.5) is 0 Å². The van der Waals surface area contributed by atoms with Crippen molar-refractivity contribution in [3.05, 3.63) is 11.1 Å². The standard InChI is InChI=1S/C12H16N2O2/c1-2-16-12(15)10(6-13)11-8-14-5-3-4-9(11)7-14/h9H,2-5,7-8H2,1H3/t9-/m1/s1. The molecular weight excluding hydrogens is 204 g/mol. The van der Waals surface area contributed by atoms with E-state index in [0.29, 0.717) is 12.5 Å². The number of fused-ring (bicyclic) bond motifs is 2. The quantitative estimate of drug-likeness (QED) is 0.397. The summed E-state index contributed by atoms with van der Waals surface area (Å²) >= 11 is 0. The van der Waals surface area contributed by atoms with E-state index < -0.39 is 5.97 Å². The summed E-state index contributed by atoms with van der Waals surface area (Å²) in [5.41, 5.74) is 1.25. The zero-order valence-corrected chi connectivity index (χ0v) is 9.53. The van der Waals surface area contributed by atoms with Gasteiger partial charge in [0.15, 0.2) is 0 Å². The SMILES string of the molecule is CCOC(=O)C(C#N)=C1CN2CCC[C@@H]1C2. The number of piperidine rings is 1. The maximum atomic E-state index is 11.6. The van der Waals surface area contributed by atoms with Crippen LogP contribution in [-0.4, -0.2) is 37.1 Å². The summed E-state index contributed by atoms with van der Waals surface area (Å²) in [6.07, 6.45) is 2.26. The van der Waals surface area contributed by atoms with Gasteiger partial charge in [-0.15, -0.1) is 0 Å². The van der Waals surface area contributed by atoms with E-state index in [1.54, 1.807) is 6.92 Å². The molecule has 0 radical (unpaired) electrons. The molecule has 2 saturated heterocycles. The van der Waals surface area contributed by atoms with Crippen LogP contribution in [0.3, 0.4) is 0 Å². The maximum Gasteiger partial charge on any atom is 0.348 e. The second-order valence-electron chi connectivity index (χ2n) is 4.31. The van der Waals surface area contributed by atoms with Crippen molar-refractivity contribution in [2.24, 2.45) is 5.92 Å². The summed E-state index contributed by atoms with van der Waals surface area (Å²) in [5.74, 6) is -0.0541. The van der Waals surface area contributed by atoms with Gasteiger partial charge < -0.3 is 4.74 Å². The molecule has 2 bridgehead atoms. The van der Waals surface area contributed by atoms with Crippen LogP contribution in [0.15, 0.2) is 11.1 Å². The van der Waals surface area contributed by atoms with Crippen LogP contribution in [-0.2, 0) is 9.53 Å². The Bertz CT molecular complexity index is 368. The van der Waals surface area contributed by atoms with Crippen molar-refractivity contribution in [2.45, 2.75) is 19.8 Å². The maximum absolute atomic E-state index is 11.6. The molecule has 0 N–H and O–H groups in total. The zero-order chi connectivity index (χ0) is 11.5. The van der Waals surface area contributed by atoms with Crippen LogP contribution in [0.25, 0.3) is 0 Å². The largest absolute Gasteiger partial charge is 0.462 e. The van der Waals surface area contributed by atoms with Gasteiger partial charge >= 0.3 is 5.97 Å². The Hall–Kier alpha value is -1.34. The first kappa shape index (κ1) is 11.2. The van der Waals surface area contributed by atoms with Crippen LogP contribution in [0.5, 0.6) is 0 Å². The van der Waals surface area contributed by atoms with Gasteiger partial charge in [-0.1, -0.05) is 0 Å². The van der Waals surface area contributed by atoms with E-state index in [9.17, 15) is 4.79 Å². The highest BCUT2D eigenvalue weighted by atomic mass is 16.5. The molecule has 0 aromatic heterocycles. The fraction of sp³-hybridized carbons (Fsp3) is 0.667. The highest BCUT2D eigenvalue weighted by molar-refractivity contribution is 5.94. The second-order valence-corrected chi connectivity index (χ2v) is 4.31. The summed E-state index contributed by atoms with van der Waals surface area (Å²) in [6.45, 7) is 4.94. The summed E-state index contributed by atoms with van der Waals surface area (Å²) in [7, 11) is 0. The Morgan fingerprint density at radius 3 is 3.12 bits per heavy atom. The molecule has 2 atom stereocenters. The van der Waals surface area contributed by atoms with Crippen LogP contribution in [0.1, 0.15) is 19.8 Å². The second kappa shape index (κ2) is 4.67. The molecule has 0 aliphatic carbocycles. The van der Waals surface area contributed by atoms with E-state index in [-0.39, 0.29) is 5.57 Å². The van der Waals surface area contributed by atoms with Gasteiger partial charge in [0.1, 0.15) is 11.6 Å². The number of carbonyl (C=O) groups is 1. The van der Waals surface area contributed by atoms with Crippen LogP contribution in [0.2, 0.25) is 0 Å². The lowest BCUT2D eigenvalue weighted by atomic mass is 9.93. The molecule has 2 heterocycles. The Morgan fingerprint density at radius 2 is 2.50 bits per heavy atom. The predicted molar refractivity (Wildman–Crippen MR) is 58.4 cm³/mol. The third-order valence-corrected chi connectivity index (χ3v) is 3.30. The summed E-state index contributed by atoms with van der Waals surface area (Å²) < 4.78 is 4.92. The van der Waals surface area contributed by atoms with E-state index >= 15 is 0 Å². The molecule has 4 heteroatoms. The third kappa shape index (κ3) is 1.96. The van der Waals surface area contributed by atoms with Gasteiger partial charge in [0, 0.05) is 13.1 Å². The number of hydrogen-bond acceptors (Lipinski definition) is 4. The van der Waals surface area contributed by atoms with Gasteiger partial charge in [0.2, 0.25) is 0 Å². The van der Waals surface area contributed by atoms with E-state index in [2.05, 4.69) is 4.90 Å². The van der Waals surface area contributed by atoms with Crippen molar-refractivity contribution in [1.82, 2.24) is 4.90 Å². The number of ether oxygens (including phenoxy) is 1. The average Bonchev–Trinajstić information content (AvgIpc) is 2.56. The minimum Gasteiger partial charge on any atom is -0.462 e. The van der Waals surface area contributed by atoms with E-state index in [4.69, 9.17) is 10.00 Å². The third-order valence-electron chi connectivity index (χ3n) is 3.30. The molecule has 0 amide bonds. The molecule has 16 heavy (non-hydrogen) atoms. The molecule has 86 valence electrons. The number of nitriles is 1. The van der Waals surface area contributed by atoms with Crippen LogP contribution >= 0.6 is 0 Å². The molecule has 0 aromatic carbocycles. The van der Waals surface area contributed by atoms with Crippen molar-refractivity contribution in [2.75, 3.05) is 26.2 Å². The van der Waals surface area contributed by atoms with Crippen molar-refractivity contribution < 1.29 is 9.53 Å². The summed E-state index contributed by atoms with van der Waals surface area (Å²) in [5, 5.41) is 9.08. The molecule has 2 aliphatic heterocycles. The Labute approximate surface area is 95.5 Å². The molecule has 0 saturated carbocycles. The van der Waals surface area contributed by atoms with E-state index in [1.807, 2.05) is 6.07 Å². The van der Waals surface area contributed by atoms with E-state index in [0.717, 1.165) is 38.0 Å². The molecule has 2 aliphatic rings. The lowest BCUT2D eigenvalue weighted by molar-refractivity contribution is -0.138. The lowest BCUT2D eigenvalue weighted by Crippen LogP contribution is -2.25. The van der Waals surface area contributed by atoms with Crippen molar-refractivity contribution in [3.63, 3.8) is 0 Å². The van der Waals surface area contributed by atoms with Crippen LogP contribution < -0.4 is 0 Å². The fourth-order valence-corrected chi connectivity index (χ4v) is 2.59. The molecule has 0 aromatic rings. The summed E-state index contributed by atoms with van der Waals surface area (Å²) in [6, 6.07) is 2.02. The molecule has 2 rings (SSSR count). The Balaban J connectivity index is 2.24. The number of esters is 1. The highest BCUT2D eigenvalue weighted by Crippen LogP contribution is 2.33. The van der Waals surface area contributed by atoms with Gasteiger partial charge in [-0.25, -0.2) is 4.79 Å². The zero-order valence-electron chi connectivity index (χ0n) is 9.53. The number of rotatable bonds is 2. The highest BCUT2D eigenvalue weighted by Gasteiger charge is 2.34. The summed E-state index contributed by atoms with van der Waals surface area (Å²) in [4.78, 5) is 13.9. The minimum absolute atomic E-state index is 0.247. The Morgan fingerprint density at radius 1 is 1.69 bits per heavy atom. The first-order valence-electron chi connectivity index (χ1n) is 5.79. The van der Waals surface area contributed by atoms with Gasteiger partial charge in [0.05, 0.1) is 6.61 Å². The smallest absolute Gasteiger partial charge is 0.348 e.